The maximum Gasteiger partial charge on any atom is 0.153 e. The van der Waals surface area contributed by atoms with Gasteiger partial charge in [-0.15, -0.1) is 0 Å². The molecule has 5 nitrogen and oxygen atoms in total. The molecule has 1 N–H and O–H groups in total. The van der Waals surface area contributed by atoms with Crippen molar-refractivity contribution in [3.05, 3.63) is 47.8 Å². The predicted molar refractivity (Wildman–Crippen MR) is 127 cm³/mol. The van der Waals surface area contributed by atoms with Gasteiger partial charge in [-0.1, -0.05) is 18.9 Å². The molecule has 2 aromatic carbocycles. The van der Waals surface area contributed by atoms with Crippen molar-refractivity contribution in [2.24, 2.45) is 5.92 Å². The fraction of sp³-hybridized carbons (Fsp3) is 0.462. The Labute approximate surface area is 188 Å². The molecule has 0 unspecified atom stereocenters. The van der Waals surface area contributed by atoms with E-state index in [1.165, 1.54) is 25.7 Å². The van der Waals surface area contributed by atoms with Gasteiger partial charge in [0, 0.05) is 44.0 Å². The lowest BCUT2D eigenvalue weighted by atomic mass is 9.96. The van der Waals surface area contributed by atoms with Gasteiger partial charge in [0.2, 0.25) is 0 Å². The zero-order valence-electron chi connectivity index (χ0n) is 18.8. The van der Waals surface area contributed by atoms with Gasteiger partial charge in [0.05, 0.1) is 16.6 Å². The SMILES string of the molecule is Cc1ccc2[nH]c(-c3cc([N+]4(N5CCCCCC5)CCC(C=O)CC4)ccc3F)nc2c1. The lowest BCUT2D eigenvalue weighted by Crippen LogP contribution is -2.65. The van der Waals surface area contributed by atoms with Crippen LogP contribution in [0, 0.1) is 18.7 Å². The van der Waals surface area contributed by atoms with Crippen molar-refractivity contribution in [1.82, 2.24) is 19.6 Å². The third-order valence-corrected chi connectivity index (χ3v) is 7.38. The number of aromatic nitrogens is 2. The molecule has 2 fully saturated rings. The second kappa shape index (κ2) is 8.75. The highest BCUT2D eigenvalue weighted by Crippen LogP contribution is 2.37. The fourth-order valence-corrected chi connectivity index (χ4v) is 5.49. The molecule has 0 radical (unpaired) electrons. The molecule has 3 heterocycles. The fourth-order valence-electron chi connectivity index (χ4n) is 5.49. The number of carbonyl (C=O) groups excluding carboxylic acids is 1. The number of carbonyl (C=O) groups is 1. The van der Waals surface area contributed by atoms with E-state index in [4.69, 9.17) is 4.98 Å². The van der Waals surface area contributed by atoms with E-state index in [9.17, 15) is 4.79 Å². The van der Waals surface area contributed by atoms with Gasteiger partial charge in [-0.25, -0.2) is 14.0 Å². The van der Waals surface area contributed by atoms with Gasteiger partial charge in [0.1, 0.15) is 31.0 Å². The van der Waals surface area contributed by atoms with Crippen molar-refractivity contribution in [2.75, 3.05) is 26.2 Å². The van der Waals surface area contributed by atoms with E-state index in [0.29, 0.717) is 11.4 Å². The summed E-state index contributed by atoms with van der Waals surface area (Å²) < 4.78 is 15.8. The van der Waals surface area contributed by atoms with Crippen LogP contribution in [0.15, 0.2) is 36.4 Å². The third-order valence-electron chi connectivity index (χ3n) is 7.38. The number of H-pyrrole nitrogens is 1. The van der Waals surface area contributed by atoms with Crippen LogP contribution in [0.4, 0.5) is 10.1 Å². The maximum atomic E-state index is 15.1. The van der Waals surface area contributed by atoms with Gasteiger partial charge in [-0.3, -0.25) is 0 Å². The Balaban J connectivity index is 1.57. The molecule has 2 aliphatic heterocycles. The Morgan fingerprint density at radius 3 is 2.53 bits per heavy atom. The molecule has 0 aliphatic carbocycles. The van der Waals surface area contributed by atoms with E-state index >= 15 is 4.39 Å². The smallest absolute Gasteiger partial charge is 0.153 e. The van der Waals surface area contributed by atoms with Gasteiger partial charge >= 0.3 is 0 Å². The number of piperidine rings is 1. The van der Waals surface area contributed by atoms with E-state index < -0.39 is 0 Å². The van der Waals surface area contributed by atoms with Crippen LogP contribution in [0.5, 0.6) is 0 Å². The lowest BCUT2D eigenvalue weighted by molar-refractivity contribution is -0.114. The van der Waals surface area contributed by atoms with Gasteiger partial charge in [-0.2, -0.15) is 5.01 Å². The van der Waals surface area contributed by atoms with Crippen molar-refractivity contribution in [3.8, 4) is 11.4 Å². The summed E-state index contributed by atoms with van der Waals surface area (Å²) in [4.78, 5) is 19.5. The summed E-state index contributed by atoms with van der Waals surface area (Å²) in [6, 6.07) is 11.6. The largest absolute Gasteiger partial charge is 0.338 e. The zero-order chi connectivity index (χ0) is 22.1. The number of aldehydes is 1. The standard InChI is InChI=1S/C26H32FN4O/c1-19-6-9-24-25(16-19)29-26(28-24)22-17-21(7-8-23(22)27)31(14-10-20(18-32)11-15-31)30-12-4-2-3-5-13-30/h6-9,16-18,20H,2-5,10-15H2,1H3,(H,28,29)/q+1. The molecule has 0 amide bonds. The molecule has 32 heavy (non-hydrogen) atoms. The van der Waals surface area contributed by atoms with Crippen LogP contribution in [0.25, 0.3) is 22.4 Å². The molecule has 3 aromatic rings. The van der Waals surface area contributed by atoms with Crippen molar-refractivity contribution < 1.29 is 9.18 Å². The second-order valence-electron chi connectivity index (χ2n) is 9.48. The number of fused-ring (bicyclic) bond motifs is 1. The number of aryl methyl sites for hydroxylation is 1. The van der Waals surface area contributed by atoms with Gasteiger partial charge in [0.15, 0.2) is 5.69 Å². The Bertz CT molecular complexity index is 1110. The maximum absolute atomic E-state index is 15.1. The number of quaternary nitrogens is 1. The molecule has 2 saturated heterocycles. The minimum absolute atomic E-state index is 0.131. The minimum Gasteiger partial charge on any atom is -0.338 e. The van der Waals surface area contributed by atoms with Crippen molar-refractivity contribution in [1.29, 1.82) is 0 Å². The van der Waals surface area contributed by atoms with Gasteiger partial charge < -0.3 is 9.78 Å². The van der Waals surface area contributed by atoms with E-state index in [2.05, 4.69) is 9.99 Å². The molecular formula is C26H32FN4O+. The lowest BCUT2D eigenvalue weighted by Gasteiger charge is -2.48. The first-order valence-electron chi connectivity index (χ1n) is 11.9. The highest BCUT2D eigenvalue weighted by molar-refractivity contribution is 5.80. The molecule has 0 bridgehead atoms. The number of imidazole rings is 1. The average molecular weight is 436 g/mol. The first-order chi connectivity index (χ1) is 15.6. The van der Waals surface area contributed by atoms with E-state index in [1.807, 2.05) is 37.3 Å². The summed E-state index contributed by atoms with van der Waals surface area (Å²) in [6.45, 7) is 5.89. The van der Waals surface area contributed by atoms with Crippen LogP contribution < -0.4 is 4.59 Å². The van der Waals surface area contributed by atoms with E-state index in [-0.39, 0.29) is 11.7 Å². The summed E-state index contributed by atoms with van der Waals surface area (Å²) in [5.41, 5.74) is 4.52. The molecule has 168 valence electrons. The second-order valence-corrected chi connectivity index (χ2v) is 9.48. The summed E-state index contributed by atoms with van der Waals surface area (Å²) in [6.07, 6.45) is 7.76. The normalized spacial score (nSPS) is 25.0. The zero-order valence-corrected chi connectivity index (χ0v) is 18.8. The predicted octanol–water partition coefficient (Wildman–Crippen LogP) is 5.38. The molecule has 1 aromatic heterocycles. The summed E-state index contributed by atoms with van der Waals surface area (Å²) in [5.74, 6) is 0.440. The van der Waals surface area contributed by atoms with Crippen molar-refractivity contribution in [3.63, 3.8) is 0 Å². The van der Waals surface area contributed by atoms with Crippen LogP contribution in [-0.2, 0) is 4.79 Å². The van der Waals surface area contributed by atoms with Crippen LogP contribution in [0.1, 0.15) is 44.1 Å². The Morgan fingerprint density at radius 2 is 1.81 bits per heavy atom. The number of hydrogen-bond donors (Lipinski definition) is 1. The third kappa shape index (κ3) is 3.86. The molecule has 5 rings (SSSR count). The average Bonchev–Trinajstić information content (AvgIpc) is 3.03. The number of hydrogen-bond acceptors (Lipinski definition) is 3. The summed E-state index contributed by atoms with van der Waals surface area (Å²) in [7, 11) is 0. The van der Waals surface area contributed by atoms with Crippen LogP contribution in [0.2, 0.25) is 0 Å². The number of benzene rings is 2. The quantitative estimate of drug-likeness (QED) is 0.442. The minimum atomic E-state index is -0.263. The number of halogens is 1. The van der Waals surface area contributed by atoms with E-state index in [1.54, 1.807) is 6.07 Å². The number of nitrogens with zero attached hydrogens (tertiary/aromatic N) is 3. The molecule has 0 atom stereocenters. The number of nitrogens with one attached hydrogen (secondary N) is 1. The Morgan fingerprint density at radius 1 is 1.06 bits per heavy atom. The van der Waals surface area contributed by atoms with Crippen LogP contribution in [-0.4, -0.2) is 47.4 Å². The molecule has 2 aliphatic rings. The summed E-state index contributed by atoms with van der Waals surface area (Å²) >= 11 is 0. The highest BCUT2D eigenvalue weighted by Gasteiger charge is 2.42. The molecular weight excluding hydrogens is 403 g/mol. The molecule has 6 heteroatoms. The van der Waals surface area contributed by atoms with Crippen molar-refractivity contribution in [2.45, 2.75) is 45.4 Å². The first kappa shape index (κ1) is 21.3. The first-order valence-corrected chi connectivity index (χ1v) is 11.9. The Hall–Kier alpha value is -2.57. The van der Waals surface area contributed by atoms with Crippen LogP contribution in [0.3, 0.4) is 0 Å². The highest BCUT2D eigenvalue weighted by atomic mass is 19.1. The van der Waals surface area contributed by atoms with Gasteiger partial charge in [0.25, 0.3) is 0 Å². The monoisotopic (exact) mass is 435 g/mol. The number of rotatable bonds is 4. The molecule has 0 saturated carbocycles. The number of aromatic amines is 1. The van der Waals surface area contributed by atoms with E-state index in [0.717, 1.165) is 72.2 Å². The van der Waals surface area contributed by atoms with Gasteiger partial charge in [-0.05, 0) is 43.5 Å². The van der Waals surface area contributed by atoms with Crippen LogP contribution >= 0.6 is 0 Å². The summed E-state index contributed by atoms with van der Waals surface area (Å²) in [5, 5.41) is 2.58. The Kier molecular flexibility index (Phi) is 5.82. The molecule has 0 spiro atoms. The van der Waals surface area contributed by atoms with Crippen molar-refractivity contribution >= 4 is 23.0 Å². The topological polar surface area (TPSA) is 49.0 Å².